The molecule has 0 atom stereocenters. The van der Waals surface area contributed by atoms with Gasteiger partial charge in [-0.15, -0.1) is 0 Å². The highest BCUT2D eigenvalue weighted by atomic mass is 31.1. The van der Waals surface area contributed by atoms with Crippen molar-refractivity contribution in [2.45, 2.75) is 58.9 Å². The molecule has 1 nitrogen and oxygen atoms in total. The van der Waals surface area contributed by atoms with Crippen LogP contribution in [-0.2, 0) is 0 Å². The highest BCUT2D eigenvalue weighted by molar-refractivity contribution is 7.36. The second kappa shape index (κ2) is 4.11. The van der Waals surface area contributed by atoms with Gasteiger partial charge < -0.3 is 0 Å². The summed E-state index contributed by atoms with van der Waals surface area (Å²) in [6, 6.07) is 0. The summed E-state index contributed by atoms with van der Waals surface area (Å²) in [6.45, 7) is 9.03. The lowest BCUT2D eigenvalue weighted by molar-refractivity contribution is 0.504. The molecule has 1 aliphatic rings. The Bertz CT molecular complexity index is 185. The van der Waals surface area contributed by atoms with Gasteiger partial charge in [-0.1, -0.05) is 19.8 Å². The van der Waals surface area contributed by atoms with Gasteiger partial charge in [-0.3, -0.25) is 5.09 Å². The zero-order valence-electron chi connectivity index (χ0n) is 9.35. The van der Waals surface area contributed by atoms with Crippen LogP contribution in [-0.4, -0.2) is 11.3 Å². The van der Waals surface area contributed by atoms with Crippen LogP contribution in [0.4, 0.5) is 0 Å². The van der Waals surface area contributed by atoms with E-state index in [1.54, 1.807) is 0 Å². The summed E-state index contributed by atoms with van der Waals surface area (Å²) in [5, 5.41) is 3.49. The van der Waals surface area contributed by atoms with Gasteiger partial charge in [-0.25, -0.2) is 0 Å². The first kappa shape index (κ1) is 11.2. The molecular formula is C11H22NP. The van der Waals surface area contributed by atoms with Gasteiger partial charge in [-0.05, 0) is 53.2 Å². The second-order valence-corrected chi connectivity index (χ2v) is 6.22. The van der Waals surface area contributed by atoms with Crippen molar-refractivity contribution in [3.8, 4) is 0 Å². The van der Waals surface area contributed by atoms with Crippen molar-refractivity contribution < 1.29 is 0 Å². The predicted molar refractivity (Wildman–Crippen MR) is 62.4 cm³/mol. The average Bonchev–Trinajstić information content (AvgIpc) is 2.33. The van der Waals surface area contributed by atoms with E-state index in [9.17, 15) is 0 Å². The standard InChI is InChI=1S/C11H22NP/c1-10(2,3)12-13-9-11(4)7-5-6-8-11/h9,12H,5-8H2,1-4H3. The predicted octanol–water partition coefficient (Wildman–Crippen LogP) is 3.62. The van der Waals surface area contributed by atoms with E-state index in [1.165, 1.54) is 34.0 Å². The van der Waals surface area contributed by atoms with Gasteiger partial charge in [0.05, 0.1) is 0 Å². The van der Waals surface area contributed by atoms with Gasteiger partial charge in [0.15, 0.2) is 0 Å². The third-order valence-electron chi connectivity index (χ3n) is 2.52. The molecule has 1 aliphatic carbocycles. The van der Waals surface area contributed by atoms with Crippen LogP contribution in [0.15, 0.2) is 0 Å². The molecule has 1 saturated carbocycles. The Morgan fingerprint density at radius 3 is 2.23 bits per heavy atom. The van der Waals surface area contributed by atoms with Gasteiger partial charge in [-0.2, -0.15) is 0 Å². The van der Waals surface area contributed by atoms with Gasteiger partial charge >= 0.3 is 0 Å². The summed E-state index contributed by atoms with van der Waals surface area (Å²) < 4.78 is 0. The first-order valence-electron chi connectivity index (χ1n) is 5.23. The Balaban J connectivity index is 2.39. The van der Waals surface area contributed by atoms with Crippen LogP contribution < -0.4 is 5.09 Å². The van der Waals surface area contributed by atoms with Gasteiger partial charge in [0.25, 0.3) is 0 Å². The number of hydrogen-bond acceptors (Lipinski definition) is 1. The van der Waals surface area contributed by atoms with Crippen LogP contribution in [0.5, 0.6) is 0 Å². The topological polar surface area (TPSA) is 12.0 Å². The third kappa shape index (κ3) is 4.24. The molecule has 1 rings (SSSR count). The molecule has 0 aromatic heterocycles. The summed E-state index contributed by atoms with van der Waals surface area (Å²) in [7, 11) is 1.30. The van der Waals surface area contributed by atoms with E-state index in [1.807, 2.05) is 0 Å². The van der Waals surface area contributed by atoms with E-state index >= 15 is 0 Å². The molecule has 1 N–H and O–H groups in total. The molecule has 2 heteroatoms. The van der Waals surface area contributed by atoms with Crippen LogP contribution in [0.25, 0.3) is 0 Å². The van der Waals surface area contributed by atoms with Crippen LogP contribution >= 0.6 is 8.35 Å². The minimum atomic E-state index is 0.243. The van der Waals surface area contributed by atoms with E-state index in [0.29, 0.717) is 5.41 Å². The summed E-state index contributed by atoms with van der Waals surface area (Å²) in [5.41, 5.74) is 0.757. The average molecular weight is 199 g/mol. The Hall–Kier alpha value is 0.130. The third-order valence-corrected chi connectivity index (χ3v) is 4.07. The van der Waals surface area contributed by atoms with Crippen LogP contribution in [0.1, 0.15) is 53.4 Å². The Morgan fingerprint density at radius 1 is 1.23 bits per heavy atom. The van der Waals surface area contributed by atoms with Gasteiger partial charge in [0.1, 0.15) is 0 Å². The smallest absolute Gasteiger partial charge is 0.0175 e. The first-order valence-corrected chi connectivity index (χ1v) is 6.19. The Kier molecular flexibility index (Phi) is 3.54. The van der Waals surface area contributed by atoms with Gasteiger partial charge in [0.2, 0.25) is 0 Å². The highest BCUT2D eigenvalue weighted by Crippen LogP contribution is 2.36. The molecule has 0 saturated heterocycles. The summed E-state index contributed by atoms with van der Waals surface area (Å²) in [6.07, 6.45) is 5.59. The number of nitrogens with one attached hydrogen (secondary N) is 1. The van der Waals surface area contributed by atoms with Crippen molar-refractivity contribution in [3.63, 3.8) is 0 Å². The lowest BCUT2D eigenvalue weighted by Crippen LogP contribution is -2.28. The molecule has 0 spiro atoms. The second-order valence-electron chi connectivity index (χ2n) is 5.48. The zero-order chi connectivity index (χ0) is 9.95. The van der Waals surface area contributed by atoms with E-state index in [0.717, 1.165) is 0 Å². The Morgan fingerprint density at radius 2 is 1.77 bits per heavy atom. The van der Waals surface area contributed by atoms with Crippen molar-refractivity contribution >= 4 is 14.2 Å². The Labute approximate surface area is 84.2 Å². The molecule has 0 radical (unpaired) electrons. The maximum absolute atomic E-state index is 3.49. The maximum atomic E-state index is 3.49. The summed E-state index contributed by atoms with van der Waals surface area (Å²) in [4.78, 5) is 0. The quantitative estimate of drug-likeness (QED) is 0.670. The first-order chi connectivity index (χ1) is 5.91. The SMILES string of the molecule is CC1(C=PNC(C)(C)C)CCCC1. The molecule has 0 bridgehead atoms. The molecule has 0 unspecified atom stereocenters. The zero-order valence-corrected chi connectivity index (χ0v) is 10.2. The number of hydrogen-bond donors (Lipinski definition) is 1. The van der Waals surface area contributed by atoms with Crippen LogP contribution in [0.2, 0.25) is 0 Å². The molecule has 0 heterocycles. The van der Waals surface area contributed by atoms with Crippen LogP contribution in [0.3, 0.4) is 0 Å². The normalized spacial score (nSPS) is 22.8. The van der Waals surface area contributed by atoms with E-state index in [2.05, 4.69) is 38.6 Å². The highest BCUT2D eigenvalue weighted by Gasteiger charge is 2.25. The van der Waals surface area contributed by atoms with E-state index in [-0.39, 0.29) is 5.54 Å². The summed E-state index contributed by atoms with van der Waals surface area (Å²) >= 11 is 0. The minimum absolute atomic E-state index is 0.243. The molecule has 13 heavy (non-hydrogen) atoms. The van der Waals surface area contributed by atoms with Gasteiger partial charge in [0, 0.05) is 5.54 Å². The molecule has 76 valence electrons. The fraction of sp³-hybridized carbons (Fsp3) is 0.909. The van der Waals surface area contributed by atoms with Crippen LogP contribution in [0, 0.1) is 5.41 Å². The largest absolute Gasteiger partial charge is 0.266 e. The van der Waals surface area contributed by atoms with Crippen molar-refractivity contribution in [2.75, 3.05) is 0 Å². The van der Waals surface area contributed by atoms with E-state index < -0.39 is 0 Å². The lowest BCUT2D eigenvalue weighted by Gasteiger charge is -2.20. The minimum Gasteiger partial charge on any atom is -0.266 e. The fourth-order valence-corrected chi connectivity index (χ4v) is 2.72. The van der Waals surface area contributed by atoms with E-state index in [4.69, 9.17) is 0 Å². The van der Waals surface area contributed by atoms with Crippen molar-refractivity contribution in [1.29, 1.82) is 0 Å². The molecule has 1 fully saturated rings. The molecule has 0 amide bonds. The molecule has 0 aromatic rings. The molecular weight excluding hydrogens is 177 g/mol. The summed E-state index contributed by atoms with van der Waals surface area (Å²) in [5.74, 6) is 2.45. The fourth-order valence-electron chi connectivity index (χ4n) is 1.69. The van der Waals surface area contributed by atoms with Crippen molar-refractivity contribution in [3.05, 3.63) is 0 Å². The van der Waals surface area contributed by atoms with Crippen molar-refractivity contribution in [1.82, 2.24) is 5.09 Å². The molecule has 0 aromatic carbocycles. The van der Waals surface area contributed by atoms with Crippen molar-refractivity contribution in [2.24, 2.45) is 5.41 Å². The monoisotopic (exact) mass is 199 g/mol. The lowest BCUT2D eigenvalue weighted by atomic mass is 9.92. The maximum Gasteiger partial charge on any atom is 0.0175 e. The number of rotatable bonds is 2. The molecule has 0 aliphatic heterocycles.